The van der Waals surface area contributed by atoms with E-state index in [1.807, 2.05) is 0 Å². The second-order valence-corrected chi connectivity index (χ2v) is 0.907. The second kappa shape index (κ2) is 17.0. The summed E-state index contributed by atoms with van der Waals surface area (Å²) in [6, 6.07) is 0. The number of hydrogen-bond acceptors (Lipinski definition) is 6. The smallest absolute Gasteiger partial charge is 0 e. The first-order chi connectivity index (χ1) is 4.41. The van der Waals surface area contributed by atoms with Crippen LogP contribution >= 0.6 is 0 Å². The zero-order chi connectivity index (χ0) is 9.21. The predicted octanol–water partition coefficient (Wildman–Crippen LogP) is -1.84. The van der Waals surface area contributed by atoms with Gasteiger partial charge in [-0.1, -0.05) is 0 Å². The standard InChI is InChI=1S/C2H5.CH4O4.2O.V.W/c1-2;2-1(3,4)5;;;;/h1H2,2H3;2-5H;;;;/q-1;;;;;. The van der Waals surface area contributed by atoms with Gasteiger partial charge in [0.25, 0.3) is 0 Å². The number of hydrogen-bond donors (Lipinski definition) is 4. The third kappa shape index (κ3) is 1600. The van der Waals surface area contributed by atoms with Gasteiger partial charge in [0.15, 0.2) is 0 Å². The van der Waals surface area contributed by atoms with Crippen molar-refractivity contribution in [1.29, 1.82) is 0 Å². The van der Waals surface area contributed by atoms with Gasteiger partial charge in [-0.25, -0.2) is 0 Å². The molecule has 0 aliphatic carbocycles. The van der Waals surface area contributed by atoms with Gasteiger partial charge in [0, 0.05) is 21.1 Å². The van der Waals surface area contributed by atoms with E-state index in [1.165, 1.54) is 0 Å². The maximum absolute atomic E-state index is 8.47. The first-order valence-corrected chi connectivity index (χ1v) is 3.11. The first-order valence-electron chi connectivity index (χ1n) is 1.97. The van der Waals surface area contributed by atoms with Gasteiger partial charge in [-0.3, -0.25) is 0 Å². The summed E-state index contributed by atoms with van der Waals surface area (Å²) in [5.41, 5.74) is 0. The molecular formula is C3H9O6VW-. The molecule has 0 unspecified atom stereocenters. The topological polar surface area (TPSA) is 115 Å². The van der Waals surface area contributed by atoms with Crippen molar-refractivity contribution in [3.8, 4) is 0 Å². The summed E-state index contributed by atoms with van der Waals surface area (Å²) in [7, 11) is 0. The summed E-state index contributed by atoms with van der Waals surface area (Å²) in [6.07, 6.45) is -3.50. The fourth-order valence-electron chi connectivity index (χ4n) is 0. The third-order valence-corrected chi connectivity index (χ3v) is 0. The molecule has 0 atom stereocenters. The summed E-state index contributed by atoms with van der Waals surface area (Å²) in [5, 5.41) is 28.8. The molecule has 0 spiro atoms. The Bertz CT molecular complexity index is 78.3. The summed E-state index contributed by atoms with van der Waals surface area (Å²) in [4.78, 5) is 0. The van der Waals surface area contributed by atoms with E-state index in [0.29, 0.717) is 0 Å². The Balaban J connectivity index is -0.0000000360. The molecule has 0 heterocycles. The van der Waals surface area contributed by atoms with Crippen molar-refractivity contribution in [2.45, 2.75) is 13.1 Å². The molecule has 0 saturated carbocycles. The maximum atomic E-state index is 8.47. The van der Waals surface area contributed by atoms with Crippen molar-refractivity contribution in [2.24, 2.45) is 0 Å². The van der Waals surface area contributed by atoms with Crippen LogP contribution in [0.15, 0.2) is 0 Å². The first kappa shape index (κ1) is 22.6. The molecule has 11 heavy (non-hydrogen) atoms. The fourth-order valence-corrected chi connectivity index (χ4v) is 0. The number of aliphatic hydroxyl groups is 4. The molecule has 0 aliphatic rings. The number of rotatable bonds is 0. The molecule has 0 aromatic carbocycles. The normalized spacial score (nSPS) is 6.73. The van der Waals surface area contributed by atoms with E-state index in [0.717, 1.165) is 0 Å². The van der Waals surface area contributed by atoms with Crippen molar-refractivity contribution in [2.75, 3.05) is 0 Å². The summed E-state index contributed by atoms with van der Waals surface area (Å²) < 4.78 is 16.9. The molecular weight excluding hydrogens is 367 g/mol. The van der Waals surface area contributed by atoms with E-state index in [2.05, 4.69) is 6.92 Å². The van der Waals surface area contributed by atoms with Crippen LogP contribution in [0, 0.1) is 6.92 Å². The SMILES string of the molecule is OC(O)(O)O.[CH2-]C.[O]=[V]=[O].[W]. The van der Waals surface area contributed by atoms with Crippen LogP contribution in [0.5, 0.6) is 0 Å². The van der Waals surface area contributed by atoms with Crippen LogP contribution in [0.4, 0.5) is 0 Å². The van der Waals surface area contributed by atoms with E-state index in [1.54, 1.807) is 6.92 Å². The van der Waals surface area contributed by atoms with Crippen molar-refractivity contribution >= 4 is 0 Å². The van der Waals surface area contributed by atoms with Gasteiger partial charge >= 0.3 is 29.7 Å². The molecule has 0 amide bonds. The molecule has 6 nitrogen and oxygen atoms in total. The zero-order valence-electron chi connectivity index (χ0n) is 5.67. The molecule has 0 rings (SSSR count). The Morgan fingerprint density at radius 1 is 1.09 bits per heavy atom. The van der Waals surface area contributed by atoms with Crippen LogP contribution in [0.2, 0.25) is 0 Å². The quantitative estimate of drug-likeness (QED) is 0.292. The molecule has 0 aliphatic heterocycles. The van der Waals surface area contributed by atoms with E-state index in [-0.39, 0.29) is 21.1 Å². The van der Waals surface area contributed by atoms with E-state index in [9.17, 15) is 0 Å². The molecule has 0 fully saturated rings. The van der Waals surface area contributed by atoms with Gasteiger partial charge in [-0.05, 0) is 0 Å². The van der Waals surface area contributed by atoms with Crippen LogP contribution in [0.1, 0.15) is 6.92 Å². The van der Waals surface area contributed by atoms with Gasteiger partial charge in [0.05, 0.1) is 0 Å². The molecule has 0 aromatic rings. The minimum Gasteiger partial charge on any atom is 0 e. The molecule has 8 heteroatoms. The van der Waals surface area contributed by atoms with Crippen LogP contribution in [0.25, 0.3) is 0 Å². The minimum absolute atomic E-state index is 0. The van der Waals surface area contributed by atoms with Gasteiger partial charge in [-0.15, -0.1) is 0 Å². The molecule has 0 radical (unpaired) electrons. The Morgan fingerprint density at radius 2 is 1.09 bits per heavy atom. The summed E-state index contributed by atoms with van der Waals surface area (Å²) in [6.45, 7) is 5.00. The molecule has 4 N–H and O–H groups in total. The third-order valence-electron chi connectivity index (χ3n) is 0. The van der Waals surface area contributed by atoms with Gasteiger partial charge in [0.2, 0.25) is 0 Å². The van der Waals surface area contributed by atoms with Crippen molar-refractivity contribution in [3.05, 3.63) is 6.92 Å². The van der Waals surface area contributed by atoms with E-state index < -0.39 is 22.3 Å². The zero-order valence-corrected chi connectivity index (χ0v) is 10.00. The Kier molecular flexibility index (Phi) is 34.9. The van der Waals surface area contributed by atoms with Crippen LogP contribution < -0.4 is 0 Å². The van der Waals surface area contributed by atoms with E-state index in [4.69, 9.17) is 27.8 Å². The van der Waals surface area contributed by atoms with Crippen LogP contribution in [-0.4, -0.2) is 26.6 Å². The molecule has 0 saturated heterocycles. The minimum atomic E-state index is -3.50. The molecule has 0 aromatic heterocycles. The van der Waals surface area contributed by atoms with Crippen molar-refractivity contribution in [1.82, 2.24) is 0 Å². The second-order valence-electron chi connectivity index (χ2n) is 0.675. The summed E-state index contributed by atoms with van der Waals surface area (Å²) in [5.74, 6) is 0. The monoisotopic (exact) mass is 376 g/mol. The largest absolute Gasteiger partial charge is 0 e. The van der Waals surface area contributed by atoms with Gasteiger partial charge in [0.1, 0.15) is 0 Å². The average Bonchev–Trinajstić information content (AvgIpc) is 1.68. The fraction of sp³-hybridized carbons (Fsp3) is 0.667. The van der Waals surface area contributed by atoms with Crippen LogP contribution in [0.3, 0.4) is 0 Å². The Hall–Kier alpha value is 0.713. The van der Waals surface area contributed by atoms with Gasteiger partial charge in [-0.2, -0.15) is 6.92 Å². The predicted molar refractivity (Wildman–Crippen MR) is 24.0 cm³/mol. The van der Waals surface area contributed by atoms with Crippen LogP contribution in [-0.2, 0) is 44.6 Å². The molecule has 0 bridgehead atoms. The Morgan fingerprint density at radius 3 is 1.09 bits per heavy atom. The van der Waals surface area contributed by atoms with Gasteiger partial charge < -0.3 is 27.3 Å². The average molecular weight is 376 g/mol. The van der Waals surface area contributed by atoms with Crippen molar-refractivity contribution in [3.63, 3.8) is 0 Å². The maximum Gasteiger partial charge on any atom is 0 e. The van der Waals surface area contributed by atoms with Crippen molar-refractivity contribution < 1.29 is 65.0 Å². The van der Waals surface area contributed by atoms with E-state index >= 15 is 0 Å². The molecule has 69 valence electrons. The Labute approximate surface area is 85.0 Å². The summed E-state index contributed by atoms with van der Waals surface area (Å²) >= 11 is -1.81.